The van der Waals surface area contributed by atoms with E-state index in [4.69, 9.17) is 14.2 Å². The molecular formula is C13H13BrO5. The maximum absolute atomic E-state index is 12.1. The van der Waals surface area contributed by atoms with Crippen molar-refractivity contribution in [3.63, 3.8) is 0 Å². The fourth-order valence-corrected chi connectivity index (χ4v) is 2.47. The molecule has 6 heteroatoms. The van der Waals surface area contributed by atoms with Crippen LogP contribution in [0.4, 0.5) is 0 Å². The summed E-state index contributed by atoms with van der Waals surface area (Å²) in [4.78, 5) is 23.6. The van der Waals surface area contributed by atoms with Crippen LogP contribution in [0.1, 0.15) is 29.8 Å². The van der Waals surface area contributed by atoms with Crippen molar-refractivity contribution in [1.29, 1.82) is 0 Å². The number of Topliss-reactive ketones (excluding diaryl/α,β-unsaturated/α-hetero) is 1. The molecule has 1 aromatic carbocycles. The van der Waals surface area contributed by atoms with Crippen LogP contribution < -0.4 is 9.47 Å². The highest BCUT2D eigenvalue weighted by Crippen LogP contribution is 2.43. The summed E-state index contributed by atoms with van der Waals surface area (Å²) in [6, 6.07) is 1.58. The van der Waals surface area contributed by atoms with Crippen LogP contribution in [0, 0.1) is 0 Å². The SMILES string of the molecule is CCOC(=O)C(=O)c1cc(Br)c2c(c1CC)OCO2. The van der Waals surface area contributed by atoms with Gasteiger partial charge in [-0.25, -0.2) is 4.79 Å². The molecule has 19 heavy (non-hydrogen) atoms. The summed E-state index contributed by atoms with van der Waals surface area (Å²) in [6.07, 6.45) is 0.555. The fraction of sp³-hybridized carbons (Fsp3) is 0.385. The van der Waals surface area contributed by atoms with Crippen molar-refractivity contribution < 1.29 is 23.8 Å². The van der Waals surface area contributed by atoms with Crippen LogP contribution in [0.15, 0.2) is 10.5 Å². The summed E-state index contributed by atoms with van der Waals surface area (Å²) >= 11 is 3.31. The van der Waals surface area contributed by atoms with Crippen molar-refractivity contribution in [2.24, 2.45) is 0 Å². The van der Waals surface area contributed by atoms with Gasteiger partial charge in [0.15, 0.2) is 11.5 Å². The molecule has 1 aromatic rings. The lowest BCUT2D eigenvalue weighted by molar-refractivity contribution is -0.137. The molecule has 2 rings (SSSR count). The third kappa shape index (κ3) is 2.45. The number of carbonyl (C=O) groups excluding carboxylic acids is 2. The lowest BCUT2D eigenvalue weighted by Gasteiger charge is -2.11. The largest absolute Gasteiger partial charge is 0.460 e. The molecule has 0 radical (unpaired) electrons. The van der Waals surface area contributed by atoms with Crippen molar-refractivity contribution in [3.8, 4) is 11.5 Å². The van der Waals surface area contributed by atoms with E-state index in [-0.39, 0.29) is 19.0 Å². The molecule has 0 amide bonds. The number of hydrogen-bond donors (Lipinski definition) is 0. The highest BCUT2D eigenvalue weighted by molar-refractivity contribution is 9.10. The van der Waals surface area contributed by atoms with Crippen LogP contribution in [0.2, 0.25) is 0 Å². The van der Waals surface area contributed by atoms with E-state index in [0.29, 0.717) is 28.0 Å². The summed E-state index contributed by atoms with van der Waals surface area (Å²) in [5.74, 6) is -0.442. The Kier molecular flexibility index (Phi) is 4.09. The average molecular weight is 329 g/mol. The van der Waals surface area contributed by atoms with Crippen molar-refractivity contribution in [2.45, 2.75) is 20.3 Å². The van der Waals surface area contributed by atoms with Gasteiger partial charge in [0.05, 0.1) is 11.1 Å². The van der Waals surface area contributed by atoms with Gasteiger partial charge < -0.3 is 14.2 Å². The molecule has 1 aliphatic rings. The predicted molar refractivity (Wildman–Crippen MR) is 70.6 cm³/mol. The fourth-order valence-electron chi connectivity index (χ4n) is 1.94. The third-order valence-electron chi connectivity index (χ3n) is 2.76. The first kappa shape index (κ1) is 13.9. The molecule has 0 spiro atoms. The highest BCUT2D eigenvalue weighted by Gasteiger charge is 2.29. The van der Waals surface area contributed by atoms with Gasteiger partial charge in [0.2, 0.25) is 6.79 Å². The van der Waals surface area contributed by atoms with Gasteiger partial charge in [0.25, 0.3) is 5.78 Å². The molecular weight excluding hydrogens is 316 g/mol. The summed E-state index contributed by atoms with van der Waals surface area (Å²) in [6.45, 7) is 3.81. The van der Waals surface area contributed by atoms with Crippen LogP contribution in [0.3, 0.4) is 0 Å². The monoisotopic (exact) mass is 328 g/mol. The summed E-state index contributed by atoms with van der Waals surface area (Å²) in [5.41, 5.74) is 0.950. The zero-order valence-electron chi connectivity index (χ0n) is 10.6. The van der Waals surface area contributed by atoms with Crippen molar-refractivity contribution in [2.75, 3.05) is 13.4 Å². The molecule has 0 aliphatic carbocycles. The van der Waals surface area contributed by atoms with Gasteiger partial charge in [-0.15, -0.1) is 0 Å². The van der Waals surface area contributed by atoms with Crippen molar-refractivity contribution in [1.82, 2.24) is 0 Å². The Morgan fingerprint density at radius 3 is 2.63 bits per heavy atom. The lowest BCUT2D eigenvalue weighted by Crippen LogP contribution is -2.19. The van der Waals surface area contributed by atoms with Gasteiger partial charge in [0.1, 0.15) is 0 Å². The first-order chi connectivity index (χ1) is 9.10. The molecule has 0 bridgehead atoms. The summed E-state index contributed by atoms with van der Waals surface area (Å²) < 4.78 is 16.0. The van der Waals surface area contributed by atoms with E-state index in [1.165, 1.54) is 0 Å². The Labute approximate surface area is 119 Å². The number of ether oxygens (including phenoxy) is 3. The molecule has 102 valence electrons. The Bertz CT molecular complexity index is 538. The van der Waals surface area contributed by atoms with Gasteiger partial charge in [-0.05, 0) is 35.3 Å². The predicted octanol–water partition coefficient (Wildman–Crippen LogP) is 2.49. The first-order valence-electron chi connectivity index (χ1n) is 5.92. The second-order valence-corrected chi connectivity index (χ2v) is 4.71. The van der Waals surface area contributed by atoms with Gasteiger partial charge in [-0.2, -0.15) is 0 Å². The van der Waals surface area contributed by atoms with E-state index in [2.05, 4.69) is 15.9 Å². The average Bonchev–Trinajstić information content (AvgIpc) is 2.87. The summed E-state index contributed by atoms with van der Waals surface area (Å²) in [5, 5.41) is 0. The molecule has 0 unspecified atom stereocenters. The highest BCUT2D eigenvalue weighted by atomic mass is 79.9. The molecule has 0 atom stereocenters. The molecule has 0 aromatic heterocycles. The standard InChI is InChI=1S/C13H13BrO5/c1-3-7-8(10(15)13(16)17-4-2)5-9(14)12-11(7)18-6-19-12/h5H,3-4,6H2,1-2H3. The Morgan fingerprint density at radius 1 is 1.32 bits per heavy atom. The third-order valence-corrected chi connectivity index (χ3v) is 3.35. The number of carbonyl (C=O) groups is 2. The van der Waals surface area contributed by atoms with Crippen LogP contribution in [-0.4, -0.2) is 25.2 Å². The van der Waals surface area contributed by atoms with Gasteiger partial charge in [-0.3, -0.25) is 4.79 Å². The number of ketones is 1. The van der Waals surface area contributed by atoms with Crippen LogP contribution in [0.5, 0.6) is 11.5 Å². The van der Waals surface area contributed by atoms with Crippen molar-refractivity contribution >= 4 is 27.7 Å². The van der Waals surface area contributed by atoms with Gasteiger partial charge in [-0.1, -0.05) is 6.92 Å². The first-order valence-corrected chi connectivity index (χ1v) is 6.71. The number of fused-ring (bicyclic) bond motifs is 1. The van der Waals surface area contributed by atoms with E-state index in [9.17, 15) is 9.59 Å². The quantitative estimate of drug-likeness (QED) is 0.482. The Balaban J connectivity index is 2.49. The van der Waals surface area contributed by atoms with Crippen molar-refractivity contribution in [3.05, 3.63) is 21.7 Å². The number of esters is 1. The minimum absolute atomic E-state index is 0.109. The lowest BCUT2D eigenvalue weighted by atomic mass is 10.00. The maximum atomic E-state index is 12.1. The summed E-state index contributed by atoms with van der Waals surface area (Å²) in [7, 11) is 0. The molecule has 0 saturated carbocycles. The molecule has 5 nitrogen and oxygen atoms in total. The minimum Gasteiger partial charge on any atom is -0.460 e. The number of rotatable bonds is 4. The smallest absolute Gasteiger partial charge is 0.379 e. The van der Waals surface area contributed by atoms with Gasteiger partial charge >= 0.3 is 5.97 Å². The van der Waals surface area contributed by atoms with E-state index in [1.807, 2.05) is 6.92 Å². The zero-order chi connectivity index (χ0) is 14.0. The second-order valence-electron chi connectivity index (χ2n) is 3.85. The molecule has 0 fully saturated rings. The maximum Gasteiger partial charge on any atom is 0.379 e. The van der Waals surface area contributed by atoms with E-state index < -0.39 is 11.8 Å². The molecule has 1 heterocycles. The normalized spacial score (nSPS) is 12.4. The molecule has 0 saturated heterocycles. The van der Waals surface area contributed by atoms with E-state index in [1.54, 1.807) is 13.0 Å². The molecule has 0 N–H and O–H groups in total. The molecule has 1 aliphatic heterocycles. The number of halogens is 1. The van der Waals surface area contributed by atoms with Gasteiger partial charge in [0, 0.05) is 11.1 Å². The minimum atomic E-state index is -0.858. The Hall–Kier alpha value is -1.56. The van der Waals surface area contributed by atoms with Crippen LogP contribution in [0.25, 0.3) is 0 Å². The van der Waals surface area contributed by atoms with Crippen LogP contribution >= 0.6 is 15.9 Å². The zero-order valence-corrected chi connectivity index (χ0v) is 12.2. The van der Waals surface area contributed by atoms with E-state index >= 15 is 0 Å². The van der Waals surface area contributed by atoms with Crippen LogP contribution in [-0.2, 0) is 16.0 Å². The number of benzene rings is 1. The number of hydrogen-bond acceptors (Lipinski definition) is 5. The van der Waals surface area contributed by atoms with E-state index in [0.717, 1.165) is 0 Å². The second kappa shape index (κ2) is 5.61. The topological polar surface area (TPSA) is 61.8 Å². The Morgan fingerprint density at radius 2 is 2.00 bits per heavy atom.